The summed E-state index contributed by atoms with van der Waals surface area (Å²) in [6.07, 6.45) is 7.82. The summed E-state index contributed by atoms with van der Waals surface area (Å²) in [5, 5.41) is 2.98. The first kappa shape index (κ1) is 18.6. The Hall–Kier alpha value is -2.14. The van der Waals surface area contributed by atoms with Crippen molar-refractivity contribution in [3.8, 4) is 0 Å². The Balaban J connectivity index is 1.48. The first-order chi connectivity index (χ1) is 12.7. The Bertz CT molecular complexity index is 622. The molecule has 5 nitrogen and oxygen atoms in total. The molecule has 0 unspecified atom stereocenters. The van der Waals surface area contributed by atoms with Crippen molar-refractivity contribution in [3.05, 3.63) is 48.0 Å². The molecule has 140 valence electrons. The molecule has 1 N–H and O–H groups in total. The zero-order valence-corrected chi connectivity index (χ0v) is 15.1. The van der Waals surface area contributed by atoms with Crippen LogP contribution < -0.4 is 5.32 Å². The van der Waals surface area contributed by atoms with Gasteiger partial charge in [-0.1, -0.05) is 42.5 Å². The molecule has 3 rings (SSSR count). The molecule has 1 aliphatic heterocycles. The van der Waals surface area contributed by atoms with Crippen molar-refractivity contribution in [1.82, 2.24) is 5.32 Å². The first-order valence-electron chi connectivity index (χ1n) is 9.49. The standard InChI is InChI=1S/C21H27NO4/c23-20(22-13-12-16-7-2-1-3-8-16)18-10-4-5-11-19(18)21(24)26-15-17-9-6-14-25-17/h1-5,7-8,17-19H,6,9-15H2,(H,22,23)/t17-,18-,19+/m1/s1. The van der Waals surface area contributed by atoms with Crippen LogP contribution in [0.25, 0.3) is 0 Å². The number of allylic oxidation sites excluding steroid dienone is 2. The zero-order chi connectivity index (χ0) is 18.2. The Labute approximate surface area is 154 Å². The van der Waals surface area contributed by atoms with E-state index in [1.54, 1.807) is 0 Å². The summed E-state index contributed by atoms with van der Waals surface area (Å²) in [4.78, 5) is 25.1. The lowest BCUT2D eigenvalue weighted by atomic mass is 9.82. The van der Waals surface area contributed by atoms with E-state index in [-0.39, 0.29) is 23.9 Å². The van der Waals surface area contributed by atoms with Crippen LogP contribution in [0.3, 0.4) is 0 Å². The molecular formula is C21H27NO4. The predicted octanol–water partition coefficient (Wildman–Crippen LogP) is 2.65. The van der Waals surface area contributed by atoms with Gasteiger partial charge in [0.25, 0.3) is 0 Å². The van der Waals surface area contributed by atoms with Gasteiger partial charge in [-0.25, -0.2) is 0 Å². The predicted molar refractivity (Wildman–Crippen MR) is 98.4 cm³/mol. The molecule has 1 heterocycles. The van der Waals surface area contributed by atoms with E-state index >= 15 is 0 Å². The lowest BCUT2D eigenvalue weighted by Crippen LogP contribution is -2.40. The summed E-state index contributed by atoms with van der Waals surface area (Å²) in [5.74, 6) is -1.11. The van der Waals surface area contributed by atoms with Gasteiger partial charge in [-0.05, 0) is 37.7 Å². The van der Waals surface area contributed by atoms with E-state index in [1.165, 1.54) is 5.56 Å². The molecule has 1 saturated heterocycles. The summed E-state index contributed by atoms with van der Waals surface area (Å²) >= 11 is 0. The van der Waals surface area contributed by atoms with Gasteiger partial charge in [-0.3, -0.25) is 9.59 Å². The van der Waals surface area contributed by atoms with Crippen LogP contribution in [0.2, 0.25) is 0 Å². The van der Waals surface area contributed by atoms with Crippen LogP contribution in [-0.2, 0) is 25.5 Å². The van der Waals surface area contributed by atoms with Crippen molar-refractivity contribution in [2.24, 2.45) is 11.8 Å². The molecule has 1 aromatic carbocycles. The summed E-state index contributed by atoms with van der Waals surface area (Å²) in [7, 11) is 0. The van der Waals surface area contributed by atoms with Crippen molar-refractivity contribution in [2.45, 2.75) is 38.2 Å². The average molecular weight is 357 g/mol. The van der Waals surface area contributed by atoms with Gasteiger partial charge in [0.2, 0.25) is 5.91 Å². The normalized spacial score (nSPS) is 25.0. The van der Waals surface area contributed by atoms with Crippen molar-refractivity contribution in [2.75, 3.05) is 19.8 Å². The number of carbonyl (C=O) groups excluding carboxylic acids is 2. The average Bonchev–Trinajstić information content (AvgIpc) is 3.20. The van der Waals surface area contributed by atoms with E-state index in [4.69, 9.17) is 9.47 Å². The largest absolute Gasteiger partial charge is 0.463 e. The lowest BCUT2D eigenvalue weighted by molar-refractivity contribution is -0.156. The van der Waals surface area contributed by atoms with Crippen LogP contribution in [0.1, 0.15) is 31.2 Å². The van der Waals surface area contributed by atoms with Crippen LogP contribution in [0.4, 0.5) is 0 Å². The fourth-order valence-electron chi connectivity index (χ4n) is 3.53. The number of nitrogens with one attached hydrogen (secondary N) is 1. The number of esters is 1. The Morgan fingerprint density at radius 1 is 1.12 bits per heavy atom. The van der Waals surface area contributed by atoms with E-state index in [1.807, 2.05) is 42.5 Å². The number of carbonyl (C=O) groups is 2. The van der Waals surface area contributed by atoms with E-state index in [0.717, 1.165) is 25.9 Å². The van der Waals surface area contributed by atoms with Crippen LogP contribution >= 0.6 is 0 Å². The highest BCUT2D eigenvalue weighted by Gasteiger charge is 2.35. The smallest absolute Gasteiger partial charge is 0.310 e. The molecule has 2 aliphatic rings. The molecule has 1 amide bonds. The van der Waals surface area contributed by atoms with Crippen LogP contribution in [0.15, 0.2) is 42.5 Å². The fourth-order valence-corrected chi connectivity index (χ4v) is 3.53. The third-order valence-electron chi connectivity index (χ3n) is 5.06. The Kier molecular flexibility index (Phi) is 6.83. The van der Waals surface area contributed by atoms with Crippen LogP contribution in [-0.4, -0.2) is 37.7 Å². The van der Waals surface area contributed by atoms with E-state index in [0.29, 0.717) is 26.0 Å². The molecule has 1 fully saturated rings. The summed E-state index contributed by atoms with van der Waals surface area (Å²) in [6, 6.07) is 10.0. The second kappa shape index (κ2) is 9.53. The Morgan fingerprint density at radius 3 is 2.62 bits per heavy atom. The van der Waals surface area contributed by atoms with Crippen LogP contribution in [0, 0.1) is 11.8 Å². The number of rotatable bonds is 7. The quantitative estimate of drug-likeness (QED) is 0.602. The van der Waals surface area contributed by atoms with Gasteiger partial charge in [0.1, 0.15) is 6.61 Å². The highest BCUT2D eigenvalue weighted by Crippen LogP contribution is 2.27. The fraction of sp³-hybridized carbons (Fsp3) is 0.524. The van der Waals surface area contributed by atoms with Gasteiger partial charge in [0.15, 0.2) is 0 Å². The molecule has 26 heavy (non-hydrogen) atoms. The molecule has 0 saturated carbocycles. The third kappa shape index (κ3) is 5.18. The molecule has 0 aromatic heterocycles. The van der Waals surface area contributed by atoms with E-state index in [2.05, 4.69) is 5.32 Å². The molecule has 0 spiro atoms. The maximum absolute atomic E-state index is 12.6. The molecule has 0 radical (unpaired) electrons. The highest BCUT2D eigenvalue weighted by atomic mass is 16.6. The number of benzene rings is 1. The molecule has 1 aliphatic carbocycles. The maximum Gasteiger partial charge on any atom is 0.310 e. The molecule has 3 atom stereocenters. The maximum atomic E-state index is 12.6. The molecule has 1 aromatic rings. The van der Waals surface area contributed by atoms with Gasteiger partial charge in [-0.15, -0.1) is 0 Å². The van der Waals surface area contributed by atoms with Crippen molar-refractivity contribution in [1.29, 1.82) is 0 Å². The topological polar surface area (TPSA) is 64.6 Å². The summed E-state index contributed by atoms with van der Waals surface area (Å²) < 4.78 is 10.9. The highest BCUT2D eigenvalue weighted by molar-refractivity contribution is 5.86. The minimum Gasteiger partial charge on any atom is -0.463 e. The first-order valence-corrected chi connectivity index (χ1v) is 9.49. The number of ether oxygens (including phenoxy) is 2. The minimum absolute atomic E-state index is 0.0104. The SMILES string of the molecule is O=C(OC[C@H]1CCCO1)[C@H]1CC=CC[C@H]1C(=O)NCCc1ccccc1. The molecule has 0 bridgehead atoms. The van der Waals surface area contributed by atoms with Crippen molar-refractivity contribution >= 4 is 11.9 Å². The van der Waals surface area contributed by atoms with Gasteiger partial charge in [0, 0.05) is 13.2 Å². The van der Waals surface area contributed by atoms with Crippen LogP contribution in [0.5, 0.6) is 0 Å². The van der Waals surface area contributed by atoms with E-state index < -0.39 is 5.92 Å². The minimum atomic E-state index is -0.405. The number of amides is 1. The van der Waals surface area contributed by atoms with Crippen molar-refractivity contribution in [3.63, 3.8) is 0 Å². The van der Waals surface area contributed by atoms with Gasteiger partial charge in [-0.2, -0.15) is 0 Å². The van der Waals surface area contributed by atoms with E-state index in [9.17, 15) is 9.59 Å². The van der Waals surface area contributed by atoms with Gasteiger partial charge in [0.05, 0.1) is 17.9 Å². The number of hydrogen-bond acceptors (Lipinski definition) is 4. The molecule has 5 heteroatoms. The van der Waals surface area contributed by atoms with Gasteiger partial charge >= 0.3 is 5.97 Å². The number of hydrogen-bond donors (Lipinski definition) is 1. The monoisotopic (exact) mass is 357 g/mol. The lowest BCUT2D eigenvalue weighted by Gasteiger charge is -2.26. The van der Waals surface area contributed by atoms with Crippen molar-refractivity contribution < 1.29 is 19.1 Å². The summed E-state index contributed by atoms with van der Waals surface area (Å²) in [5.41, 5.74) is 1.18. The zero-order valence-electron chi connectivity index (χ0n) is 15.1. The second-order valence-electron chi connectivity index (χ2n) is 6.95. The summed E-state index contributed by atoms with van der Waals surface area (Å²) in [6.45, 7) is 1.60. The Morgan fingerprint density at radius 2 is 1.88 bits per heavy atom. The third-order valence-corrected chi connectivity index (χ3v) is 5.06. The molecular weight excluding hydrogens is 330 g/mol. The second-order valence-corrected chi connectivity index (χ2v) is 6.95. The van der Waals surface area contributed by atoms with Gasteiger partial charge < -0.3 is 14.8 Å².